The molecule has 1 saturated carbocycles. The standard InChI is InChI=1S/C36H54N10O7/c37-25-6-3-13-40-31(49)27(8-4-14-41-36(38)39)43-33(51)29(16-21-18-42-26-7-2-1-5-24(21)26)44-32(50)28(15-20-9-11-22(47)12-10-20)45-34(52)30-17-23(48)19-46(30)35(25)53/h1-2,5,7,18,20,22-23,25,27-30,42,47-48H,3-4,6,8-17,19,37H2,(H,40,49)(H,43,51)(H,44,50)(H,45,52)(H4,38,39,41)/t20?,22?,23-,25+,27+,28-,29+,30+/m1/s1. The highest BCUT2D eigenvalue weighted by atomic mass is 16.3. The van der Waals surface area contributed by atoms with Gasteiger partial charge in [0.25, 0.3) is 0 Å². The number of nitrogens with one attached hydrogen (secondary N) is 5. The molecular weight excluding hydrogens is 684 g/mol. The first kappa shape index (κ1) is 39.5. The molecule has 0 unspecified atom stereocenters. The number of carbonyl (C=O) groups is 5. The van der Waals surface area contributed by atoms with E-state index in [1.807, 2.05) is 24.3 Å². The number of amides is 5. The highest BCUT2D eigenvalue weighted by Gasteiger charge is 2.42. The van der Waals surface area contributed by atoms with Crippen molar-refractivity contribution in [1.29, 1.82) is 0 Å². The maximum absolute atomic E-state index is 14.3. The van der Waals surface area contributed by atoms with Crippen LogP contribution in [-0.4, -0.2) is 118 Å². The van der Waals surface area contributed by atoms with Gasteiger partial charge in [0.2, 0.25) is 29.5 Å². The fourth-order valence-electron chi connectivity index (χ4n) is 7.56. The summed E-state index contributed by atoms with van der Waals surface area (Å²) in [5.41, 5.74) is 18.8. The second-order valence-electron chi connectivity index (χ2n) is 14.5. The number of aliphatic hydroxyl groups is 2. The molecule has 1 aliphatic carbocycles. The van der Waals surface area contributed by atoms with Crippen molar-refractivity contribution in [1.82, 2.24) is 31.2 Å². The first-order valence-corrected chi connectivity index (χ1v) is 18.6. The van der Waals surface area contributed by atoms with Gasteiger partial charge in [-0.25, -0.2) is 0 Å². The van der Waals surface area contributed by atoms with Crippen LogP contribution in [0, 0.1) is 5.92 Å². The van der Waals surface area contributed by atoms with E-state index < -0.39 is 72.0 Å². The molecule has 3 aliphatic rings. The zero-order chi connectivity index (χ0) is 38.1. The lowest BCUT2D eigenvalue weighted by atomic mass is 9.83. The summed E-state index contributed by atoms with van der Waals surface area (Å²) in [6, 6.07) is 2.20. The lowest BCUT2D eigenvalue weighted by molar-refractivity contribution is -0.141. The van der Waals surface area contributed by atoms with Gasteiger partial charge in [0, 0.05) is 49.6 Å². The molecule has 2 saturated heterocycles. The summed E-state index contributed by atoms with van der Waals surface area (Å²) in [4.78, 5) is 77.8. The average Bonchev–Trinajstić information content (AvgIpc) is 3.73. The van der Waals surface area contributed by atoms with Crippen LogP contribution < -0.4 is 38.5 Å². The van der Waals surface area contributed by atoms with Gasteiger partial charge in [0.15, 0.2) is 5.96 Å². The Hall–Kier alpha value is -4.74. The van der Waals surface area contributed by atoms with Crippen molar-refractivity contribution in [3.8, 4) is 0 Å². The number of fused-ring (bicyclic) bond motifs is 2. The van der Waals surface area contributed by atoms with Crippen molar-refractivity contribution in [2.45, 2.75) is 113 Å². The largest absolute Gasteiger partial charge is 0.393 e. The van der Waals surface area contributed by atoms with Crippen molar-refractivity contribution in [2.75, 3.05) is 19.6 Å². The zero-order valence-corrected chi connectivity index (χ0v) is 30.0. The minimum atomic E-state index is -1.16. The van der Waals surface area contributed by atoms with E-state index in [1.165, 1.54) is 4.90 Å². The number of benzene rings is 1. The van der Waals surface area contributed by atoms with Crippen LogP contribution >= 0.6 is 0 Å². The lowest BCUT2D eigenvalue weighted by Gasteiger charge is -2.32. The van der Waals surface area contributed by atoms with Gasteiger partial charge in [-0.3, -0.25) is 29.0 Å². The van der Waals surface area contributed by atoms with E-state index in [9.17, 15) is 34.2 Å². The van der Waals surface area contributed by atoms with Gasteiger partial charge in [-0.2, -0.15) is 0 Å². The van der Waals surface area contributed by atoms with Gasteiger partial charge in [-0.05, 0) is 75.3 Å². The Morgan fingerprint density at radius 3 is 2.30 bits per heavy atom. The number of para-hydroxylation sites is 1. The van der Waals surface area contributed by atoms with E-state index in [0.717, 1.165) is 16.5 Å². The third kappa shape index (κ3) is 10.7. The summed E-state index contributed by atoms with van der Waals surface area (Å²) >= 11 is 0. The van der Waals surface area contributed by atoms with Gasteiger partial charge in [0.1, 0.15) is 24.2 Å². The van der Waals surface area contributed by atoms with Gasteiger partial charge in [0.05, 0.1) is 18.2 Å². The molecule has 0 radical (unpaired) electrons. The molecule has 1 aromatic carbocycles. The Balaban J connectivity index is 1.47. The molecule has 17 nitrogen and oxygen atoms in total. The molecular formula is C36H54N10O7. The number of hydrogen-bond donors (Lipinski definition) is 10. The van der Waals surface area contributed by atoms with Crippen molar-refractivity contribution in [3.63, 3.8) is 0 Å². The molecule has 53 heavy (non-hydrogen) atoms. The molecule has 5 amide bonds. The SMILES string of the molecule is NC(N)=NCCC[C@@H]1NC(=O)[C@H](Cc2c[nH]c3ccccc23)NC(=O)[C@@H](CC2CCC(O)CC2)NC(=O)[C@@H]2C[C@@H](O)CN2C(=O)[C@@H](N)CCCNC1=O. The van der Waals surface area contributed by atoms with Gasteiger partial charge in [-0.1, -0.05) is 18.2 Å². The average molecular weight is 739 g/mol. The summed E-state index contributed by atoms with van der Waals surface area (Å²) in [5.74, 6) is -2.91. The first-order chi connectivity index (χ1) is 25.4. The van der Waals surface area contributed by atoms with E-state index in [-0.39, 0.29) is 63.6 Å². The Kier molecular flexibility index (Phi) is 13.7. The highest BCUT2D eigenvalue weighted by molar-refractivity contribution is 5.96. The topological polar surface area (TPSA) is 283 Å². The highest BCUT2D eigenvalue weighted by Crippen LogP contribution is 2.29. The van der Waals surface area contributed by atoms with Gasteiger partial charge >= 0.3 is 0 Å². The van der Waals surface area contributed by atoms with Crippen LogP contribution in [0.15, 0.2) is 35.5 Å². The van der Waals surface area contributed by atoms with Crippen molar-refractivity contribution in [2.24, 2.45) is 28.1 Å². The molecule has 17 heteroatoms. The van der Waals surface area contributed by atoms with Crippen LogP contribution in [0.1, 0.15) is 69.8 Å². The second-order valence-corrected chi connectivity index (χ2v) is 14.5. The molecule has 2 aromatic rings. The number of carbonyl (C=O) groups excluding carboxylic acids is 5. The maximum atomic E-state index is 14.3. The lowest BCUT2D eigenvalue weighted by Crippen LogP contribution is -2.59. The summed E-state index contributed by atoms with van der Waals surface area (Å²) in [7, 11) is 0. The molecule has 13 N–H and O–H groups in total. The molecule has 5 rings (SSSR count). The van der Waals surface area contributed by atoms with Crippen LogP contribution in [-0.2, 0) is 30.4 Å². The monoisotopic (exact) mass is 738 g/mol. The van der Waals surface area contributed by atoms with Crippen molar-refractivity contribution in [3.05, 3.63) is 36.0 Å². The summed E-state index contributed by atoms with van der Waals surface area (Å²) in [5, 5.41) is 32.9. The fraction of sp³-hybridized carbons (Fsp3) is 0.611. The van der Waals surface area contributed by atoms with E-state index in [0.29, 0.717) is 38.5 Å². The molecule has 2 aliphatic heterocycles. The number of rotatable bonds is 8. The van der Waals surface area contributed by atoms with Crippen LogP contribution in [0.2, 0.25) is 0 Å². The summed E-state index contributed by atoms with van der Waals surface area (Å²) in [6.07, 6.45) is 4.09. The molecule has 0 bridgehead atoms. The molecule has 6 atom stereocenters. The number of aromatic amines is 1. The third-order valence-electron chi connectivity index (χ3n) is 10.5. The fourth-order valence-corrected chi connectivity index (χ4v) is 7.56. The number of H-pyrrole nitrogens is 1. The smallest absolute Gasteiger partial charge is 0.243 e. The maximum Gasteiger partial charge on any atom is 0.243 e. The third-order valence-corrected chi connectivity index (χ3v) is 10.5. The molecule has 1 aromatic heterocycles. The van der Waals surface area contributed by atoms with E-state index in [4.69, 9.17) is 17.2 Å². The first-order valence-electron chi connectivity index (χ1n) is 18.6. The minimum Gasteiger partial charge on any atom is -0.393 e. The molecule has 290 valence electrons. The summed E-state index contributed by atoms with van der Waals surface area (Å²) in [6.45, 7) is 0.287. The number of hydrogen-bond acceptors (Lipinski definition) is 9. The molecule has 3 heterocycles. The molecule has 0 spiro atoms. The quantitative estimate of drug-likeness (QED) is 0.0838. The van der Waals surface area contributed by atoms with Crippen LogP contribution in [0.4, 0.5) is 0 Å². The number of aromatic nitrogens is 1. The zero-order valence-electron chi connectivity index (χ0n) is 30.0. The van der Waals surface area contributed by atoms with E-state index >= 15 is 0 Å². The van der Waals surface area contributed by atoms with Crippen molar-refractivity contribution >= 4 is 46.4 Å². The van der Waals surface area contributed by atoms with Crippen LogP contribution in [0.5, 0.6) is 0 Å². The normalized spacial score (nSPS) is 29.6. The Bertz CT molecular complexity index is 1640. The number of guanidine groups is 1. The van der Waals surface area contributed by atoms with Gasteiger partial charge < -0.3 is 58.6 Å². The van der Waals surface area contributed by atoms with Crippen LogP contribution in [0.25, 0.3) is 10.9 Å². The Morgan fingerprint density at radius 2 is 1.55 bits per heavy atom. The number of aliphatic hydroxyl groups excluding tert-OH is 2. The van der Waals surface area contributed by atoms with Crippen LogP contribution in [0.3, 0.4) is 0 Å². The second kappa shape index (κ2) is 18.3. The Morgan fingerprint density at radius 1 is 0.849 bits per heavy atom. The predicted molar refractivity (Wildman–Crippen MR) is 197 cm³/mol. The van der Waals surface area contributed by atoms with E-state index in [1.54, 1.807) is 6.20 Å². The van der Waals surface area contributed by atoms with E-state index in [2.05, 4.69) is 31.2 Å². The molecule has 3 fully saturated rings. The number of nitrogens with two attached hydrogens (primary N) is 3. The van der Waals surface area contributed by atoms with Gasteiger partial charge in [-0.15, -0.1) is 0 Å². The summed E-state index contributed by atoms with van der Waals surface area (Å²) < 4.78 is 0. The number of nitrogens with zero attached hydrogens (tertiary/aromatic N) is 2. The Labute approximate surface area is 308 Å². The van der Waals surface area contributed by atoms with Crippen molar-refractivity contribution < 1.29 is 34.2 Å². The predicted octanol–water partition coefficient (Wildman–Crippen LogP) is -1.64. The number of aliphatic imine (C=N–C) groups is 1. The minimum absolute atomic E-state index is 0.00757.